The lowest BCUT2D eigenvalue weighted by molar-refractivity contribution is -0.144. The van der Waals surface area contributed by atoms with Crippen LogP contribution in [0.5, 0.6) is 0 Å². The molecule has 13 amide bonds. The molecule has 524 valence electrons. The number of rotatable bonds is 42. The van der Waals surface area contributed by atoms with Gasteiger partial charge in [0, 0.05) is 45.3 Å². The van der Waals surface area contributed by atoms with E-state index in [2.05, 4.69) is 47.5 Å². The maximum atomic E-state index is 14.7. The number of nitrogens with zero attached hydrogens (tertiary/aromatic N) is 3. The van der Waals surface area contributed by atoms with Crippen LogP contribution in [0.1, 0.15) is 121 Å². The Balaban J connectivity index is 1.56. The van der Waals surface area contributed by atoms with Gasteiger partial charge in [0.2, 0.25) is 76.8 Å². The largest absolute Gasteiger partial charge is 0.370 e. The van der Waals surface area contributed by atoms with Crippen molar-refractivity contribution in [1.29, 1.82) is 0 Å². The molecule has 0 spiro atoms. The van der Waals surface area contributed by atoms with Gasteiger partial charge in [-0.2, -0.15) is 11.8 Å². The van der Waals surface area contributed by atoms with Crippen molar-refractivity contribution < 1.29 is 62.3 Å². The van der Waals surface area contributed by atoms with Crippen LogP contribution in [-0.2, 0) is 75.2 Å². The molecule has 31 nitrogen and oxygen atoms in total. The van der Waals surface area contributed by atoms with Crippen molar-refractivity contribution in [2.45, 2.75) is 183 Å². The van der Waals surface area contributed by atoms with Crippen LogP contribution in [0.25, 0.3) is 0 Å². The van der Waals surface area contributed by atoms with E-state index in [1.54, 1.807) is 60.7 Å². The molecule has 2 aliphatic heterocycles. The lowest BCUT2D eigenvalue weighted by Crippen LogP contribution is -2.60. The van der Waals surface area contributed by atoms with Crippen molar-refractivity contribution in [3.8, 4) is 0 Å². The van der Waals surface area contributed by atoms with Crippen LogP contribution in [0, 0.1) is 5.92 Å². The molecule has 0 unspecified atom stereocenters. The molecule has 2 aliphatic rings. The first kappa shape index (κ1) is 78.5. The molecule has 95 heavy (non-hydrogen) atoms. The summed E-state index contributed by atoms with van der Waals surface area (Å²) in [6.07, 6.45) is 3.12. The summed E-state index contributed by atoms with van der Waals surface area (Å²) >= 11 is 1.45. The number of carbonyl (C=O) groups excluding carboxylic acids is 13. The smallest absolute Gasteiger partial charge is 0.245 e. The van der Waals surface area contributed by atoms with Crippen LogP contribution in [0.3, 0.4) is 0 Å². The first-order chi connectivity index (χ1) is 45.2. The highest BCUT2D eigenvalue weighted by molar-refractivity contribution is 7.98. The summed E-state index contributed by atoms with van der Waals surface area (Å²) in [5.74, 6) is -9.80. The second-order valence-electron chi connectivity index (χ2n) is 24.1. The van der Waals surface area contributed by atoms with Crippen LogP contribution in [0.4, 0.5) is 0 Å². The molecule has 0 aliphatic carbocycles. The molecule has 2 saturated heterocycles. The van der Waals surface area contributed by atoms with Gasteiger partial charge >= 0.3 is 0 Å². The van der Waals surface area contributed by atoms with Crippen LogP contribution >= 0.6 is 11.8 Å². The quantitative estimate of drug-likeness (QED) is 0.0173. The van der Waals surface area contributed by atoms with Gasteiger partial charge in [-0.15, -0.1) is 0 Å². The average Bonchev–Trinajstić information content (AvgIpc) is 1.74. The minimum atomic E-state index is -1.64. The molecule has 10 atom stereocenters. The van der Waals surface area contributed by atoms with E-state index in [1.165, 1.54) is 21.6 Å². The highest BCUT2D eigenvalue weighted by Crippen LogP contribution is 2.24. The number of thioether (sulfide) groups is 1. The van der Waals surface area contributed by atoms with Crippen LogP contribution in [0.15, 0.2) is 65.7 Å². The number of hydrogen-bond acceptors (Lipinski definition) is 17. The van der Waals surface area contributed by atoms with Gasteiger partial charge in [0.15, 0.2) is 5.96 Å². The maximum Gasteiger partial charge on any atom is 0.245 e. The zero-order valence-electron chi connectivity index (χ0n) is 54.5. The Bertz CT molecular complexity index is 2960. The molecular formula is C63H98N18O13S. The first-order valence-corrected chi connectivity index (χ1v) is 33.6. The predicted octanol–water partition coefficient (Wildman–Crippen LogP) is -3.71. The number of nitrogens with two attached hydrogens (primary N) is 7. The van der Waals surface area contributed by atoms with Gasteiger partial charge < -0.3 is 92.5 Å². The van der Waals surface area contributed by atoms with E-state index in [-0.39, 0.29) is 83.0 Å². The average molecular weight is 1350 g/mol. The van der Waals surface area contributed by atoms with E-state index >= 15 is 0 Å². The predicted molar refractivity (Wildman–Crippen MR) is 356 cm³/mol. The minimum absolute atomic E-state index is 0.0736. The zero-order chi connectivity index (χ0) is 70.1. The van der Waals surface area contributed by atoms with Crippen molar-refractivity contribution >= 4 is 94.5 Å². The number of nitrogens with one attached hydrogen (secondary N) is 8. The third-order valence-corrected chi connectivity index (χ3v) is 16.7. The number of likely N-dealkylation sites (tertiary alicyclic amines) is 2. The second-order valence-corrected chi connectivity index (χ2v) is 25.1. The summed E-state index contributed by atoms with van der Waals surface area (Å²) in [6, 6.07) is 4.51. The van der Waals surface area contributed by atoms with Gasteiger partial charge in [0.05, 0.1) is 12.6 Å². The highest BCUT2D eigenvalue weighted by atomic mass is 32.2. The van der Waals surface area contributed by atoms with E-state index in [4.69, 9.17) is 40.1 Å². The second kappa shape index (κ2) is 41.0. The van der Waals surface area contributed by atoms with E-state index in [0.717, 1.165) is 0 Å². The van der Waals surface area contributed by atoms with Crippen molar-refractivity contribution in [3.63, 3.8) is 0 Å². The fourth-order valence-electron chi connectivity index (χ4n) is 11.0. The SMILES string of the molecule is CSCC[C@H](NC(=O)[C@@H](CC(C)C)NC(=O)CNC(=O)[C@@H](Cc1ccccc1)NC(=O)[C@@H](Cc1ccccc1)NC(=O)[C@H](CCC(N)=O)NC(=O)[C@H](CCC(N)=O)NC(=O)[C@@H]1CCCN1C(=O)[C@@H](CCCCN)NC(=O)[C@H]1CCCN1C(=O)[C@H](N)CCCN=C(N)N)C(N)=O. The number of benzene rings is 2. The summed E-state index contributed by atoms with van der Waals surface area (Å²) in [4.78, 5) is 185. The van der Waals surface area contributed by atoms with Crippen LogP contribution in [-0.4, -0.2) is 198 Å². The Hall–Kier alpha value is -8.91. The molecular weight excluding hydrogens is 1250 g/mol. The van der Waals surface area contributed by atoms with Gasteiger partial charge in [-0.1, -0.05) is 74.5 Å². The van der Waals surface area contributed by atoms with E-state index in [1.807, 2.05) is 20.1 Å². The Labute approximate surface area is 558 Å². The van der Waals surface area contributed by atoms with Crippen molar-refractivity contribution in [2.24, 2.45) is 51.0 Å². The molecule has 0 saturated carbocycles. The van der Waals surface area contributed by atoms with Gasteiger partial charge in [-0.3, -0.25) is 67.3 Å². The molecule has 22 N–H and O–H groups in total. The van der Waals surface area contributed by atoms with Gasteiger partial charge in [-0.05, 0) is 119 Å². The number of primary amides is 3. The summed E-state index contributed by atoms with van der Waals surface area (Å²) in [5, 5.41) is 21.1. The molecule has 2 heterocycles. The molecule has 4 rings (SSSR count). The summed E-state index contributed by atoms with van der Waals surface area (Å²) in [6.45, 7) is 3.86. The molecule has 32 heteroatoms. The number of amides is 13. The first-order valence-electron chi connectivity index (χ1n) is 32.2. The number of aliphatic imine (C=N–C) groups is 1. The minimum Gasteiger partial charge on any atom is -0.370 e. The number of hydrogen-bond donors (Lipinski definition) is 15. The molecule has 0 aromatic heterocycles. The van der Waals surface area contributed by atoms with Gasteiger partial charge in [0.25, 0.3) is 0 Å². The van der Waals surface area contributed by atoms with Crippen molar-refractivity contribution in [1.82, 2.24) is 52.3 Å². The van der Waals surface area contributed by atoms with Crippen LogP contribution in [0.2, 0.25) is 0 Å². The van der Waals surface area contributed by atoms with Crippen LogP contribution < -0.4 is 82.7 Å². The fourth-order valence-corrected chi connectivity index (χ4v) is 11.5. The van der Waals surface area contributed by atoms with E-state index in [0.29, 0.717) is 55.4 Å². The molecule has 2 aromatic carbocycles. The Morgan fingerprint density at radius 3 is 1.51 bits per heavy atom. The van der Waals surface area contributed by atoms with E-state index in [9.17, 15) is 62.3 Å². The topological polar surface area (TPSA) is 519 Å². The van der Waals surface area contributed by atoms with E-state index < -0.39 is 169 Å². The monoisotopic (exact) mass is 1350 g/mol. The number of guanidine groups is 1. The Kier molecular flexibility index (Phi) is 33.9. The fraction of sp³-hybridized carbons (Fsp3) is 0.587. The van der Waals surface area contributed by atoms with Crippen molar-refractivity contribution in [3.05, 3.63) is 71.8 Å². The summed E-state index contributed by atoms with van der Waals surface area (Å²) in [7, 11) is 0. The molecule has 0 radical (unpaired) electrons. The maximum absolute atomic E-state index is 14.7. The third kappa shape index (κ3) is 27.5. The summed E-state index contributed by atoms with van der Waals surface area (Å²) in [5.41, 5.74) is 40.6. The molecule has 2 fully saturated rings. The molecule has 0 bridgehead atoms. The standard InChI is InChI=1S/C63H98N18O13S/c1-37(2)33-45(57(89)74-41(53(68)85)27-32-95-3)73-52(84)36-72-54(86)46(34-38-15-6-4-7-16-38)78-58(90)47(35-39-17-8-5-9-18-39)79-56(88)42(23-25-50(66)82)75-55(87)43(24-26-51(67)83)76-59(91)49-22-14-31-81(49)62(94)44(20-10-11-28-64)77-60(92)48-21-13-30-80(48)61(93)40(65)19-12-29-71-63(69)70/h4-9,15-18,37,40-49H,10-14,19-36,64-65H2,1-3H3,(H2,66,82)(H2,67,83)(H2,68,85)(H,72,86)(H,73,84)(H,74,89)(H,75,87)(H,76,91)(H,77,92)(H,78,90)(H,79,88)(H4,69,70,71)/t40-,41+,42+,43+,44-,45-,46-,47-,48-,49+/m1/s1. The number of unbranched alkanes of at least 4 members (excludes halogenated alkanes) is 1. The third-order valence-electron chi connectivity index (χ3n) is 16.0. The normalized spacial score (nSPS) is 16.8. The highest BCUT2D eigenvalue weighted by Gasteiger charge is 2.42. The Morgan fingerprint density at radius 2 is 1.01 bits per heavy atom. The van der Waals surface area contributed by atoms with Crippen molar-refractivity contribution in [2.75, 3.05) is 44.7 Å². The number of carbonyl (C=O) groups is 13. The zero-order valence-corrected chi connectivity index (χ0v) is 55.3. The lowest BCUT2D eigenvalue weighted by atomic mass is 10.0. The lowest BCUT2D eigenvalue weighted by Gasteiger charge is -2.32. The van der Waals surface area contributed by atoms with Gasteiger partial charge in [-0.25, -0.2) is 0 Å². The molecule has 2 aromatic rings. The Morgan fingerprint density at radius 1 is 0.537 bits per heavy atom. The van der Waals surface area contributed by atoms with Gasteiger partial charge in [0.1, 0.15) is 54.4 Å². The summed E-state index contributed by atoms with van der Waals surface area (Å²) < 4.78 is 0.